The van der Waals surface area contributed by atoms with E-state index in [0.717, 1.165) is 90.8 Å². The minimum atomic E-state index is -0.407. The first kappa shape index (κ1) is 23.7. The van der Waals surface area contributed by atoms with Crippen molar-refractivity contribution in [3.8, 4) is 0 Å². The van der Waals surface area contributed by atoms with Crippen molar-refractivity contribution in [2.24, 2.45) is 11.8 Å². The summed E-state index contributed by atoms with van der Waals surface area (Å²) < 4.78 is 0. The Labute approximate surface area is 193 Å². The zero-order chi connectivity index (χ0) is 22.3. The van der Waals surface area contributed by atoms with E-state index in [1.54, 1.807) is 0 Å². The smallest absolute Gasteiger partial charge is 0.222 e. The van der Waals surface area contributed by atoms with E-state index in [1.807, 2.05) is 0 Å². The molecule has 1 aromatic carbocycles. The van der Waals surface area contributed by atoms with Crippen molar-refractivity contribution >= 4 is 5.91 Å². The molecule has 4 rings (SSSR count). The van der Waals surface area contributed by atoms with E-state index in [4.69, 9.17) is 0 Å². The molecule has 3 aliphatic rings. The number of hydrogen-bond acceptors (Lipinski definition) is 5. The molecule has 0 aliphatic carbocycles. The Balaban J connectivity index is 1.12. The number of aliphatic hydroxyl groups excluding tert-OH is 2. The van der Waals surface area contributed by atoms with Gasteiger partial charge in [0, 0.05) is 39.1 Å². The fraction of sp³-hybridized carbons (Fsp3) is 0.731. The maximum absolute atomic E-state index is 12.9. The number of hydrogen-bond donors (Lipinski definition) is 2. The number of carbonyl (C=O) groups is 1. The van der Waals surface area contributed by atoms with Crippen LogP contribution in [0.25, 0.3) is 0 Å². The highest BCUT2D eigenvalue weighted by Gasteiger charge is 2.29. The maximum Gasteiger partial charge on any atom is 0.222 e. The monoisotopic (exact) mass is 443 g/mol. The predicted molar refractivity (Wildman–Crippen MR) is 126 cm³/mol. The van der Waals surface area contributed by atoms with E-state index in [2.05, 4.69) is 45.0 Å². The van der Waals surface area contributed by atoms with E-state index in [9.17, 15) is 15.0 Å². The first-order chi connectivity index (χ1) is 15.6. The van der Waals surface area contributed by atoms with Crippen molar-refractivity contribution in [1.29, 1.82) is 0 Å². The lowest BCUT2D eigenvalue weighted by Crippen LogP contribution is -2.45. The number of rotatable bonds is 7. The van der Waals surface area contributed by atoms with E-state index in [0.29, 0.717) is 24.2 Å². The zero-order valence-electron chi connectivity index (χ0n) is 19.4. The molecule has 6 heteroatoms. The summed E-state index contributed by atoms with van der Waals surface area (Å²) >= 11 is 0. The van der Waals surface area contributed by atoms with Gasteiger partial charge < -0.3 is 15.1 Å². The zero-order valence-corrected chi connectivity index (χ0v) is 19.4. The molecule has 1 unspecified atom stereocenters. The molecule has 3 saturated heterocycles. The normalized spacial score (nSPS) is 24.0. The highest BCUT2D eigenvalue weighted by molar-refractivity contribution is 5.76. The van der Waals surface area contributed by atoms with E-state index < -0.39 is 6.23 Å². The largest absolute Gasteiger partial charge is 0.393 e. The summed E-state index contributed by atoms with van der Waals surface area (Å²) in [6.07, 6.45) is 6.62. The Morgan fingerprint density at radius 3 is 2.16 bits per heavy atom. The third-order valence-corrected chi connectivity index (χ3v) is 7.85. The summed E-state index contributed by atoms with van der Waals surface area (Å²) in [7, 11) is 0. The van der Waals surface area contributed by atoms with Gasteiger partial charge in [-0.05, 0) is 75.4 Å². The number of nitrogens with zero attached hydrogens (tertiary/aromatic N) is 3. The van der Waals surface area contributed by atoms with Crippen molar-refractivity contribution in [1.82, 2.24) is 14.7 Å². The van der Waals surface area contributed by atoms with Gasteiger partial charge >= 0.3 is 0 Å². The molecule has 1 aromatic rings. The number of amides is 1. The first-order valence-corrected chi connectivity index (χ1v) is 12.7. The Morgan fingerprint density at radius 2 is 1.50 bits per heavy atom. The molecule has 0 bridgehead atoms. The molecular weight excluding hydrogens is 402 g/mol. The highest BCUT2D eigenvalue weighted by Crippen LogP contribution is 2.27. The van der Waals surface area contributed by atoms with Crippen LogP contribution >= 0.6 is 0 Å². The van der Waals surface area contributed by atoms with Crippen LogP contribution in [0.5, 0.6) is 0 Å². The van der Waals surface area contributed by atoms with E-state index >= 15 is 0 Å². The Morgan fingerprint density at radius 1 is 0.875 bits per heavy atom. The molecule has 3 aliphatic heterocycles. The van der Waals surface area contributed by atoms with Gasteiger partial charge in [0.25, 0.3) is 0 Å². The van der Waals surface area contributed by atoms with Crippen molar-refractivity contribution in [2.75, 3.05) is 39.3 Å². The lowest BCUT2D eigenvalue weighted by atomic mass is 9.90. The van der Waals surface area contributed by atoms with Crippen LogP contribution in [0.3, 0.4) is 0 Å². The van der Waals surface area contributed by atoms with Crippen LogP contribution < -0.4 is 0 Å². The van der Waals surface area contributed by atoms with Gasteiger partial charge in [-0.1, -0.05) is 30.3 Å². The standard InChI is InChI=1S/C26H41N3O3/c30-24-10-16-29(17-11-24)26(32)19-22-8-14-28(15-9-22)25(31)18-21-6-12-27(13-7-21)20-23-4-2-1-3-5-23/h1-5,21-22,24,26,30,32H,6-20H2. The van der Waals surface area contributed by atoms with Gasteiger partial charge in [0.05, 0.1) is 6.10 Å². The maximum atomic E-state index is 12.9. The predicted octanol–water partition coefficient (Wildman–Crippen LogP) is 2.69. The third kappa shape index (κ3) is 6.77. The number of carbonyl (C=O) groups excluding carboxylic acids is 1. The van der Waals surface area contributed by atoms with Crippen LogP contribution in [0.2, 0.25) is 0 Å². The van der Waals surface area contributed by atoms with Crippen molar-refractivity contribution < 1.29 is 15.0 Å². The molecule has 0 saturated carbocycles. The molecule has 0 spiro atoms. The van der Waals surface area contributed by atoms with E-state index in [-0.39, 0.29) is 6.10 Å². The molecule has 1 amide bonds. The summed E-state index contributed by atoms with van der Waals surface area (Å²) in [5, 5.41) is 20.2. The van der Waals surface area contributed by atoms with Crippen molar-refractivity contribution in [3.63, 3.8) is 0 Å². The van der Waals surface area contributed by atoms with E-state index in [1.165, 1.54) is 5.56 Å². The quantitative estimate of drug-likeness (QED) is 0.678. The summed E-state index contributed by atoms with van der Waals surface area (Å²) in [5.41, 5.74) is 1.37. The molecular formula is C26H41N3O3. The van der Waals surface area contributed by atoms with Gasteiger partial charge in [0.1, 0.15) is 6.23 Å². The molecule has 32 heavy (non-hydrogen) atoms. The minimum absolute atomic E-state index is 0.205. The second-order valence-corrected chi connectivity index (χ2v) is 10.2. The Bertz CT molecular complexity index is 692. The third-order valence-electron chi connectivity index (χ3n) is 7.85. The number of aliphatic hydroxyl groups is 2. The number of benzene rings is 1. The SMILES string of the molecule is O=C(CC1CCN(Cc2ccccc2)CC1)N1CCC(CC(O)N2CCC(O)CC2)CC1. The Hall–Kier alpha value is -1.47. The fourth-order valence-electron chi connectivity index (χ4n) is 5.62. The van der Waals surface area contributed by atoms with Gasteiger partial charge in [0.15, 0.2) is 0 Å². The first-order valence-electron chi connectivity index (χ1n) is 12.7. The van der Waals surface area contributed by atoms with Gasteiger partial charge in [-0.2, -0.15) is 0 Å². The summed E-state index contributed by atoms with van der Waals surface area (Å²) in [4.78, 5) is 19.6. The molecule has 2 N–H and O–H groups in total. The molecule has 3 fully saturated rings. The molecule has 0 radical (unpaired) electrons. The van der Waals surface area contributed by atoms with Gasteiger partial charge in [0.2, 0.25) is 5.91 Å². The molecule has 1 atom stereocenters. The summed E-state index contributed by atoms with van der Waals surface area (Å²) in [5.74, 6) is 1.33. The second kappa shape index (κ2) is 11.6. The van der Waals surface area contributed by atoms with Crippen LogP contribution in [0, 0.1) is 11.8 Å². The lowest BCUT2D eigenvalue weighted by Gasteiger charge is -2.38. The number of piperidine rings is 3. The van der Waals surface area contributed by atoms with Crippen LogP contribution in [-0.2, 0) is 11.3 Å². The molecule has 3 heterocycles. The summed E-state index contributed by atoms with van der Waals surface area (Å²) in [6, 6.07) is 10.6. The van der Waals surface area contributed by atoms with Crippen LogP contribution in [-0.4, -0.2) is 82.4 Å². The van der Waals surface area contributed by atoms with Gasteiger partial charge in [-0.3, -0.25) is 14.6 Å². The molecule has 6 nitrogen and oxygen atoms in total. The van der Waals surface area contributed by atoms with Crippen molar-refractivity contribution in [2.45, 2.75) is 70.2 Å². The van der Waals surface area contributed by atoms with Crippen LogP contribution in [0.1, 0.15) is 56.9 Å². The highest BCUT2D eigenvalue weighted by atomic mass is 16.3. The molecule has 0 aromatic heterocycles. The molecule has 178 valence electrons. The summed E-state index contributed by atoms with van der Waals surface area (Å²) in [6.45, 7) is 6.41. The average Bonchev–Trinajstić information content (AvgIpc) is 2.82. The average molecular weight is 444 g/mol. The second-order valence-electron chi connectivity index (χ2n) is 10.2. The van der Waals surface area contributed by atoms with Crippen LogP contribution in [0.4, 0.5) is 0 Å². The minimum Gasteiger partial charge on any atom is -0.393 e. The lowest BCUT2D eigenvalue weighted by molar-refractivity contribution is -0.134. The van der Waals surface area contributed by atoms with Crippen molar-refractivity contribution in [3.05, 3.63) is 35.9 Å². The Kier molecular flexibility index (Phi) is 8.58. The fourth-order valence-corrected chi connectivity index (χ4v) is 5.62. The van der Waals surface area contributed by atoms with Gasteiger partial charge in [-0.15, -0.1) is 0 Å². The number of likely N-dealkylation sites (tertiary alicyclic amines) is 3. The van der Waals surface area contributed by atoms with Crippen LogP contribution in [0.15, 0.2) is 30.3 Å². The topological polar surface area (TPSA) is 67.2 Å². The van der Waals surface area contributed by atoms with Gasteiger partial charge in [-0.25, -0.2) is 0 Å².